The number of aromatic nitrogens is 2. The van der Waals surface area contributed by atoms with Crippen LogP contribution in [0.4, 0.5) is 4.39 Å². The molecule has 0 spiro atoms. The van der Waals surface area contributed by atoms with E-state index >= 15 is 0 Å². The summed E-state index contributed by atoms with van der Waals surface area (Å²) in [5.74, 6) is 0.473. The highest BCUT2D eigenvalue weighted by molar-refractivity contribution is 14.0. The van der Waals surface area contributed by atoms with Gasteiger partial charge in [0.2, 0.25) is 0 Å². The van der Waals surface area contributed by atoms with Gasteiger partial charge >= 0.3 is 0 Å². The van der Waals surface area contributed by atoms with E-state index in [1.165, 1.54) is 25.3 Å². The maximum atomic E-state index is 14.2. The second-order valence-electron chi connectivity index (χ2n) is 5.67. The van der Waals surface area contributed by atoms with Crippen LogP contribution in [0.2, 0.25) is 0 Å². The van der Waals surface area contributed by atoms with Gasteiger partial charge < -0.3 is 15.2 Å². The molecule has 25 heavy (non-hydrogen) atoms. The Bertz CT molecular complexity index is 643. The minimum Gasteiger partial charge on any atom is -0.356 e. The molecule has 2 N–H and O–H groups in total. The number of nitrogens with one attached hydrogen (secondary N) is 2. The molecule has 5 nitrogen and oxygen atoms in total. The largest absolute Gasteiger partial charge is 0.356 e. The quantitative estimate of drug-likeness (QED) is 0.273. The topological polar surface area (TPSA) is 54.2 Å². The average Bonchev–Trinajstić information content (AvgIpc) is 3.11. The number of unbranched alkanes of at least 4 members (excludes halogenated alkanes) is 3. The van der Waals surface area contributed by atoms with E-state index in [2.05, 4.69) is 27.5 Å². The van der Waals surface area contributed by atoms with Crippen LogP contribution in [-0.2, 0) is 6.54 Å². The number of hydrogen-bond donors (Lipinski definition) is 2. The fraction of sp³-hybridized carbons (Fsp3) is 0.444. The summed E-state index contributed by atoms with van der Waals surface area (Å²) in [7, 11) is 1.74. The minimum absolute atomic E-state index is 0. The number of guanidine groups is 1. The Labute approximate surface area is 166 Å². The van der Waals surface area contributed by atoms with Crippen molar-refractivity contribution < 1.29 is 4.39 Å². The van der Waals surface area contributed by atoms with Crippen molar-refractivity contribution in [3.63, 3.8) is 0 Å². The summed E-state index contributed by atoms with van der Waals surface area (Å²) >= 11 is 0. The van der Waals surface area contributed by atoms with E-state index in [0.29, 0.717) is 12.2 Å². The second kappa shape index (κ2) is 11.8. The number of rotatable bonds is 8. The molecule has 0 fully saturated rings. The summed E-state index contributed by atoms with van der Waals surface area (Å²) in [6, 6.07) is 5.20. The van der Waals surface area contributed by atoms with Crippen molar-refractivity contribution in [2.24, 2.45) is 4.99 Å². The van der Waals surface area contributed by atoms with E-state index in [-0.39, 0.29) is 29.8 Å². The third-order valence-corrected chi connectivity index (χ3v) is 3.80. The SMILES string of the molecule is CCCCCCNC(=NC)NCc1ccc(-n2ccnc2)c(F)c1.I. The van der Waals surface area contributed by atoms with Gasteiger partial charge in [-0.05, 0) is 24.1 Å². The van der Waals surface area contributed by atoms with Crippen molar-refractivity contribution in [3.05, 3.63) is 48.3 Å². The Morgan fingerprint density at radius 1 is 1.24 bits per heavy atom. The molecule has 2 rings (SSSR count). The first-order valence-electron chi connectivity index (χ1n) is 8.46. The lowest BCUT2D eigenvalue weighted by atomic mass is 10.2. The Kier molecular flexibility index (Phi) is 10.1. The molecule has 0 atom stereocenters. The van der Waals surface area contributed by atoms with Crippen molar-refractivity contribution in [2.75, 3.05) is 13.6 Å². The Morgan fingerprint density at radius 3 is 2.72 bits per heavy atom. The number of imidazole rings is 1. The van der Waals surface area contributed by atoms with Crippen molar-refractivity contribution in [1.82, 2.24) is 20.2 Å². The first-order valence-corrected chi connectivity index (χ1v) is 8.46. The molecule has 0 saturated heterocycles. The van der Waals surface area contributed by atoms with E-state index in [4.69, 9.17) is 0 Å². The molecule has 0 aliphatic rings. The van der Waals surface area contributed by atoms with Gasteiger partial charge in [0.25, 0.3) is 0 Å². The number of aliphatic imine (C=N–C) groups is 1. The van der Waals surface area contributed by atoms with Crippen molar-refractivity contribution >= 4 is 29.9 Å². The van der Waals surface area contributed by atoms with E-state index < -0.39 is 0 Å². The lowest BCUT2D eigenvalue weighted by molar-refractivity contribution is 0.614. The van der Waals surface area contributed by atoms with Gasteiger partial charge in [0.05, 0.1) is 12.0 Å². The molecular formula is C18H27FIN5. The van der Waals surface area contributed by atoms with Crippen LogP contribution in [0, 0.1) is 5.82 Å². The molecular weight excluding hydrogens is 432 g/mol. The standard InChI is InChI=1S/C18H26FN5.HI/c1-3-4-5-6-9-22-18(20-2)23-13-15-7-8-17(16(19)12-15)24-11-10-21-14-24;/h7-8,10-12,14H,3-6,9,13H2,1-2H3,(H2,20,22,23);1H. The van der Waals surface area contributed by atoms with Crippen LogP contribution < -0.4 is 10.6 Å². The zero-order valence-electron chi connectivity index (χ0n) is 14.8. The van der Waals surface area contributed by atoms with Gasteiger partial charge in [-0.2, -0.15) is 0 Å². The van der Waals surface area contributed by atoms with Gasteiger partial charge in [-0.15, -0.1) is 24.0 Å². The maximum Gasteiger partial charge on any atom is 0.191 e. The molecule has 1 heterocycles. The summed E-state index contributed by atoms with van der Waals surface area (Å²) in [5, 5.41) is 6.49. The van der Waals surface area contributed by atoms with Gasteiger partial charge in [0.15, 0.2) is 5.96 Å². The predicted octanol–water partition coefficient (Wildman–Crippen LogP) is 3.87. The molecule has 0 amide bonds. The number of halogens is 2. The van der Waals surface area contributed by atoms with Crippen molar-refractivity contribution in [3.8, 4) is 5.69 Å². The summed E-state index contributed by atoms with van der Waals surface area (Å²) in [6.07, 6.45) is 9.78. The van der Waals surface area contributed by atoms with Gasteiger partial charge in [-0.25, -0.2) is 9.37 Å². The molecule has 0 radical (unpaired) electrons. The fourth-order valence-electron chi connectivity index (χ4n) is 2.44. The van der Waals surface area contributed by atoms with Gasteiger partial charge in [-0.1, -0.05) is 32.3 Å². The lowest BCUT2D eigenvalue weighted by Crippen LogP contribution is -2.37. The summed E-state index contributed by atoms with van der Waals surface area (Å²) < 4.78 is 15.9. The van der Waals surface area contributed by atoms with E-state index in [1.54, 1.807) is 36.4 Å². The maximum absolute atomic E-state index is 14.2. The zero-order chi connectivity index (χ0) is 17.2. The Morgan fingerprint density at radius 2 is 2.08 bits per heavy atom. The molecule has 1 aromatic heterocycles. The third-order valence-electron chi connectivity index (χ3n) is 3.80. The third kappa shape index (κ3) is 7.01. The van der Waals surface area contributed by atoms with E-state index in [1.807, 2.05) is 6.07 Å². The average molecular weight is 459 g/mol. The smallest absolute Gasteiger partial charge is 0.191 e. The van der Waals surface area contributed by atoms with Gasteiger partial charge in [-0.3, -0.25) is 4.99 Å². The van der Waals surface area contributed by atoms with Crippen LogP contribution in [-0.4, -0.2) is 29.1 Å². The highest BCUT2D eigenvalue weighted by Gasteiger charge is 2.06. The van der Waals surface area contributed by atoms with Crippen LogP contribution >= 0.6 is 24.0 Å². The molecule has 0 unspecified atom stereocenters. The highest BCUT2D eigenvalue weighted by atomic mass is 127. The van der Waals surface area contributed by atoms with Crippen molar-refractivity contribution in [1.29, 1.82) is 0 Å². The summed E-state index contributed by atoms with van der Waals surface area (Å²) in [6.45, 7) is 3.62. The monoisotopic (exact) mass is 459 g/mol. The molecule has 2 aromatic rings. The molecule has 7 heteroatoms. The summed E-state index contributed by atoms with van der Waals surface area (Å²) in [4.78, 5) is 8.13. The molecule has 0 saturated carbocycles. The first-order chi connectivity index (χ1) is 11.7. The number of benzene rings is 1. The number of nitrogens with zero attached hydrogens (tertiary/aromatic N) is 3. The normalized spacial score (nSPS) is 11.1. The fourth-order valence-corrected chi connectivity index (χ4v) is 2.44. The van der Waals surface area contributed by atoms with E-state index in [9.17, 15) is 4.39 Å². The minimum atomic E-state index is -0.269. The van der Waals surface area contributed by atoms with Gasteiger partial charge in [0.1, 0.15) is 5.82 Å². The van der Waals surface area contributed by atoms with Crippen LogP contribution in [0.25, 0.3) is 5.69 Å². The Hall–Kier alpha value is -1.64. The predicted molar refractivity (Wildman–Crippen MR) is 111 cm³/mol. The van der Waals surface area contributed by atoms with E-state index in [0.717, 1.165) is 24.5 Å². The molecule has 0 aliphatic carbocycles. The second-order valence-corrected chi connectivity index (χ2v) is 5.67. The molecule has 1 aromatic carbocycles. The molecule has 138 valence electrons. The van der Waals surface area contributed by atoms with Crippen LogP contribution in [0.5, 0.6) is 0 Å². The molecule has 0 aliphatic heterocycles. The lowest BCUT2D eigenvalue weighted by Gasteiger charge is -2.12. The van der Waals surface area contributed by atoms with Gasteiger partial charge in [0, 0.05) is 32.5 Å². The van der Waals surface area contributed by atoms with Crippen molar-refractivity contribution in [2.45, 2.75) is 39.2 Å². The van der Waals surface area contributed by atoms with Crippen LogP contribution in [0.3, 0.4) is 0 Å². The zero-order valence-corrected chi connectivity index (χ0v) is 17.2. The Balaban J connectivity index is 0.00000312. The number of hydrogen-bond acceptors (Lipinski definition) is 2. The molecule has 0 bridgehead atoms. The summed E-state index contributed by atoms with van der Waals surface area (Å²) in [5.41, 5.74) is 1.36. The van der Waals surface area contributed by atoms with Crippen LogP contribution in [0.15, 0.2) is 41.9 Å². The highest BCUT2D eigenvalue weighted by Crippen LogP contribution is 2.14. The first kappa shape index (κ1) is 21.4. The van der Waals surface area contributed by atoms with Crippen LogP contribution in [0.1, 0.15) is 38.2 Å².